The summed E-state index contributed by atoms with van der Waals surface area (Å²) in [4.78, 5) is 15.8. The maximum Gasteiger partial charge on any atom is 0.319 e. The van der Waals surface area contributed by atoms with E-state index >= 15 is 0 Å². The number of halogens is 1. The standard InChI is InChI=1S/C13H12IN3O/c14-11-6-1-2-7-12(11)17-13(18)16-9-10-5-3-4-8-15-10/h1-8H,9H2,(H2,16,17,18). The summed E-state index contributed by atoms with van der Waals surface area (Å²) in [7, 11) is 0. The van der Waals surface area contributed by atoms with Crippen LogP contribution in [0.3, 0.4) is 0 Å². The average Bonchev–Trinajstić information content (AvgIpc) is 2.40. The molecule has 5 heteroatoms. The highest BCUT2D eigenvalue weighted by molar-refractivity contribution is 14.1. The van der Waals surface area contributed by atoms with Crippen molar-refractivity contribution < 1.29 is 4.79 Å². The number of benzene rings is 1. The third-order valence-electron chi connectivity index (χ3n) is 2.28. The maximum absolute atomic E-state index is 11.7. The first-order valence-electron chi connectivity index (χ1n) is 5.45. The van der Waals surface area contributed by atoms with Crippen LogP contribution >= 0.6 is 22.6 Å². The van der Waals surface area contributed by atoms with Crippen molar-refractivity contribution in [3.8, 4) is 0 Å². The van der Waals surface area contributed by atoms with Crippen LogP contribution < -0.4 is 10.6 Å². The first-order chi connectivity index (χ1) is 8.75. The number of pyridine rings is 1. The fraction of sp³-hybridized carbons (Fsp3) is 0.0769. The predicted octanol–water partition coefficient (Wildman–Crippen LogP) is 3.01. The van der Waals surface area contributed by atoms with E-state index in [1.807, 2.05) is 42.5 Å². The van der Waals surface area contributed by atoms with Gasteiger partial charge in [-0.05, 0) is 46.9 Å². The van der Waals surface area contributed by atoms with Gasteiger partial charge in [0.05, 0.1) is 17.9 Å². The second-order valence-electron chi connectivity index (χ2n) is 3.61. The molecule has 0 fully saturated rings. The number of nitrogens with zero attached hydrogens (tertiary/aromatic N) is 1. The lowest BCUT2D eigenvalue weighted by molar-refractivity contribution is 0.251. The minimum absolute atomic E-state index is 0.232. The lowest BCUT2D eigenvalue weighted by atomic mass is 10.3. The molecule has 0 bridgehead atoms. The van der Waals surface area contributed by atoms with Gasteiger partial charge in [0.2, 0.25) is 0 Å². The van der Waals surface area contributed by atoms with Crippen LogP contribution in [0.15, 0.2) is 48.7 Å². The fourth-order valence-electron chi connectivity index (χ4n) is 1.40. The highest BCUT2D eigenvalue weighted by atomic mass is 127. The first-order valence-corrected chi connectivity index (χ1v) is 6.53. The van der Waals surface area contributed by atoms with E-state index in [0.717, 1.165) is 15.0 Å². The molecule has 0 aliphatic rings. The van der Waals surface area contributed by atoms with Crippen molar-refractivity contribution >= 4 is 34.3 Å². The number of anilines is 1. The number of hydrogen-bond acceptors (Lipinski definition) is 2. The van der Waals surface area contributed by atoms with Crippen molar-refractivity contribution in [3.05, 3.63) is 57.9 Å². The van der Waals surface area contributed by atoms with E-state index in [2.05, 4.69) is 38.2 Å². The number of hydrogen-bond donors (Lipinski definition) is 2. The molecule has 2 aromatic rings. The van der Waals surface area contributed by atoms with Gasteiger partial charge in [0.15, 0.2) is 0 Å². The monoisotopic (exact) mass is 353 g/mol. The molecule has 0 saturated heterocycles. The zero-order chi connectivity index (χ0) is 12.8. The van der Waals surface area contributed by atoms with E-state index < -0.39 is 0 Å². The molecule has 0 radical (unpaired) electrons. The van der Waals surface area contributed by atoms with Gasteiger partial charge in [-0.3, -0.25) is 4.98 Å². The summed E-state index contributed by atoms with van der Waals surface area (Å²) < 4.78 is 1.00. The van der Waals surface area contributed by atoms with Gasteiger partial charge in [0, 0.05) is 9.77 Å². The van der Waals surface area contributed by atoms with Crippen molar-refractivity contribution in [3.63, 3.8) is 0 Å². The second-order valence-corrected chi connectivity index (χ2v) is 4.77. The Morgan fingerprint density at radius 3 is 2.67 bits per heavy atom. The van der Waals surface area contributed by atoms with Gasteiger partial charge in [-0.2, -0.15) is 0 Å². The molecule has 0 aliphatic carbocycles. The summed E-state index contributed by atoms with van der Waals surface area (Å²) in [5, 5.41) is 5.55. The number of rotatable bonds is 3. The van der Waals surface area contributed by atoms with Gasteiger partial charge in [0.25, 0.3) is 0 Å². The van der Waals surface area contributed by atoms with Gasteiger partial charge in [0.1, 0.15) is 0 Å². The lowest BCUT2D eigenvalue weighted by Crippen LogP contribution is -2.28. The van der Waals surface area contributed by atoms with E-state index in [0.29, 0.717) is 6.54 Å². The molecular formula is C13H12IN3O. The Morgan fingerprint density at radius 1 is 1.17 bits per heavy atom. The smallest absolute Gasteiger partial charge is 0.319 e. The number of aromatic nitrogens is 1. The molecule has 2 N–H and O–H groups in total. The fourth-order valence-corrected chi connectivity index (χ4v) is 1.92. The Kier molecular flexibility index (Phi) is 4.52. The lowest BCUT2D eigenvalue weighted by Gasteiger charge is -2.08. The molecule has 92 valence electrons. The van der Waals surface area contributed by atoms with Crippen LogP contribution in [0.4, 0.5) is 10.5 Å². The molecule has 1 aromatic carbocycles. The van der Waals surface area contributed by atoms with Crippen LogP contribution in [-0.4, -0.2) is 11.0 Å². The second kappa shape index (κ2) is 6.34. The van der Waals surface area contributed by atoms with Crippen molar-refractivity contribution in [2.24, 2.45) is 0 Å². The van der Waals surface area contributed by atoms with Crippen LogP contribution in [0.5, 0.6) is 0 Å². The Balaban J connectivity index is 1.88. The molecule has 18 heavy (non-hydrogen) atoms. The minimum atomic E-state index is -0.232. The largest absolute Gasteiger partial charge is 0.332 e. The molecule has 0 unspecified atom stereocenters. The summed E-state index contributed by atoms with van der Waals surface area (Å²) in [6, 6.07) is 13.0. The van der Waals surface area contributed by atoms with Gasteiger partial charge >= 0.3 is 6.03 Å². The van der Waals surface area contributed by atoms with E-state index in [-0.39, 0.29) is 6.03 Å². The molecule has 2 amide bonds. The van der Waals surface area contributed by atoms with Gasteiger partial charge in [-0.25, -0.2) is 4.79 Å². The van der Waals surface area contributed by atoms with Crippen LogP contribution in [-0.2, 0) is 6.54 Å². The molecule has 0 aliphatic heterocycles. The number of carbonyl (C=O) groups excluding carboxylic acids is 1. The van der Waals surface area contributed by atoms with Crippen LogP contribution in [0.2, 0.25) is 0 Å². The topological polar surface area (TPSA) is 54.0 Å². The molecule has 1 aromatic heterocycles. The van der Waals surface area contributed by atoms with E-state index in [1.54, 1.807) is 6.20 Å². The summed E-state index contributed by atoms with van der Waals surface area (Å²) in [5.74, 6) is 0. The summed E-state index contributed by atoms with van der Waals surface area (Å²) in [6.45, 7) is 0.413. The maximum atomic E-state index is 11.7. The van der Waals surface area contributed by atoms with E-state index in [1.165, 1.54) is 0 Å². The van der Waals surface area contributed by atoms with Crippen molar-refractivity contribution in [1.82, 2.24) is 10.3 Å². The van der Waals surface area contributed by atoms with Crippen LogP contribution in [0, 0.1) is 3.57 Å². The number of urea groups is 1. The molecule has 0 saturated carbocycles. The first kappa shape index (κ1) is 12.8. The molecule has 2 rings (SSSR count). The highest BCUT2D eigenvalue weighted by Gasteiger charge is 2.04. The number of nitrogens with one attached hydrogen (secondary N) is 2. The zero-order valence-electron chi connectivity index (χ0n) is 9.56. The SMILES string of the molecule is O=C(NCc1ccccn1)Nc1ccccc1I. The normalized spacial score (nSPS) is 9.83. The van der Waals surface area contributed by atoms with Crippen molar-refractivity contribution in [2.45, 2.75) is 6.54 Å². The van der Waals surface area contributed by atoms with Crippen LogP contribution in [0.25, 0.3) is 0 Å². The quantitative estimate of drug-likeness (QED) is 0.834. The summed E-state index contributed by atoms with van der Waals surface area (Å²) in [5.41, 5.74) is 1.63. The molecule has 4 nitrogen and oxygen atoms in total. The highest BCUT2D eigenvalue weighted by Crippen LogP contribution is 2.16. The van der Waals surface area contributed by atoms with Crippen molar-refractivity contribution in [2.75, 3.05) is 5.32 Å². The molecular weight excluding hydrogens is 341 g/mol. The summed E-state index contributed by atoms with van der Waals surface area (Å²) >= 11 is 2.18. The third kappa shape index (κ3) is 3.69. The minimum Gasteiger partial charge on any atom is -0.332 e. The molecule has 1 heterocycles. The Bertz CT molecular complexity index is 531. The van der Waals surface area contributed by atoms with Gasteiger partial charge in [-0.1, -0.05) is 18.2 Å². The Morgan fingerprint density at radius 2 is 1.94 bits per heavy atom. The Labute approximate surface area is 119 Å². The summed E-state index contributed by atoms with van der Waals surface area (Å²) in [6.07, 6.45) is 1.70. The van der Waals surface area contributed by atoms with Crippen LogP contribution in [0.1, 0.15) is 5.69 Å². The Hall–Kier alpha value is -1.63. The number of amides is 2. The average molecular weight is 353 g/mol. The van der Waals surface area contributed by atoms with E-state index in [4.69, 9.17) is 0 Å². The predicted molar refractivity (Wildman–Crippen MR) is 79.3 cm³/mol. The molecule has 0 atom stereocenters. The third-order valence-corrected chi connectivity index (χ3v) is 3.22. The van der Waals surface area contributed by atoms with Crippen molar-refractivity contribution in [1.29, 1.82) is 0 Å². The number of para-hydroxylation sites is 1. The van der Waals surface area contributed by atoms with E-state index in [9.17, 15) is 4.79 Å². The van der Waals surface area contributed by atoms with Gasteiger partial charge in [-0.15, -0.1) is 0 Å². The van der Waals surface area contributed by atoms with Gasteiger partial charge < -0.3 is 10.6 Å². The molecule has 0 spiro atoms. The zero-order valence-corrected chi connectivity index (χ0v) is 11.7. The number of carbonyl (C=O) groups is 1.